The van der Waals surface area contributed by atoms with Crippen LogP contribution in [0, 0.1) is 0 Å². The molecule has 0 aliphatic rings. The maximum Gasteiger partial charge on any atom is 0.115 e. The molecule has 0 saturated heterocycles. The molecule has 3 aromatic rings. The summed E-state index contributed by atoms with van der Waals surface area (Å²) in [5, 5.41) is 12.6. The molecule has 1 unspecified atom stereocenters. The number of pyridine rings is 1. The first-order valence-corrected chi connectivity index (χ1v) is 6.80. The standard InChI is InChI=1S/C17H14ClNO/c1-17(20,13-8-2-3-10-15(13)18)14-9-4-6-12-7-5-11-19-16(12)14/h2-11,20H,1H3. The molecule has 0 radical (unpaired) electrons. The van der Waals surface area contributed by atoms with Crippen LogP contribution in [0.2, 0.25) is 5.02 Å². The van der Waals surface area contributed by atoms with Gasteiger partial charge in [0.1, 0.15) is 5.60 Å². The molecular weight excluding hydrogens is 270 g/mol. The molecule has 1 aromatic heterocycles. The highest BCUT2D eigenvalue weighted by Gasteiger charge is 2.29. The van der Waals surface area contributed by atoms with Crippen LogP contribution in [0.5, 0.6) is 0 Å². The zero-order chi connectivity index (χ0) is 14.2. The highest BCUT2D eigenvalue weighted by atomic mass is 35.5. The Kier molecular flexibility index (Phi) is 3.20. The Morgan fingerprint density at radius 2 is 1.65 bits per heavy atom. The van der Waals surface area contributed by atoms with E-state index in [4.69, 9.17) is 11.6 Å². The van der Waals surface area contributed by atoms with E-state index in [1.54, 1.807) is 19.2 Å². The van der Waals surface area contributed by atoms with Crippen LogP contribution in [0.25, 0.3) is 10.9 Å². The molecule has 2 nitrogen and oxygen atoms in total. The lowest BCUT2D eigenvalue weighted by Gasteiger charge is -2.26. The average Bonchev–Trinajstić information content (AvgIpc) is 2.47. The van der Waals surface area contributed by atoms with Gasteiger partial charge in [-0.25, -0.2) is 0 Å². The third-order valence-electron chi connectivity index (χ3n) is 3.56. The van der Waals surface area contributed by atoms with Crippen molar-refractivity contribution in [1.82, 2.24) is 4.98 Å². The van der Waals surface area contributed by atoms with Gasteiger partial charge < -0.3 is 5.11 Å². The lowest BCUT2D eigenvalue weighted by Crippen LogP contribution is -2.23. The van der Waals surface area contributed by atoms with Gasteiger partial charge in [-0.2, -0.15) is 0 Å². The summed E-state index contributed by atoms with van der Waals surface area (Å²) in [6.45, 7) is 1.75. The van der Waals surface area contributed by atoms with Crippen LogP contribution in [-0.2, 0) is 5.60 Å². The summed E-state index contributed by atoms with van der Waals surface area (Å²) in [4.78, 5) is 4.40. The van der Waals surface area contributed by atoms with E-state index in [0.717, 1.165) is 16.5 Å². The number of nitrogens with zero attached hydrogens (tertiary/aromatic N) is 1. The van der Waals surface area contributed by atoms with Gasteiger partial charge in [0.05, 0.1) is 5.52 Å². The van der Waals surface area contributed by atoms with Gasteiger partial charge >= 0.3 is 0 Å². The zero-order valence-electron chi connectivity index (χ0n) is 11.0. The number of hydrogen-bond acceptors (Lipinski definition) is 2. The maximum atomic E-state index is 11.0. The minimum atomic E-state index is -1.19. The SMILES string of the molecule is CC(O)(c1ccccc1Cl)c1cccc2cccnc12. The Morgan fingerprint density at radius 1 is 0.950 bits per heavy atom. The first-order chi connectivity index (χ1) is 9.60. The maximum absolute atomic E-state index is 11.0. The number of halogens is 1. The van der Waals surface area contributed by atoms with Crippen LogP contribution in [0.4, 0.5) is 0 Å². The van der Waals surface area contributed by atoms with Gasteiger partial charge in [0.2, 0.25) is 0 Å². The van der Waals surface area contributed by atoms with Crippen molar-refractivity contribution in [2.75, 3.05) is 0 Å². The van der Waals surface area contributed by atoms with Crippen molar-refractivity contribution in [3.63, 3.8) is 0 Å². The second kappa shape index (κ2) is 4.89. The van der Waals surface area contributed by atoms with Crippen molar-refractivity contribution < 1.29 is 5.11 Å². The van der Waals surface area contributed by atoms with Gasteiger partial charge in [0.15, 0.2) is 0 Å². The Labute approximate surface area is 122 Å². The van der Waals surface area contributed by atoms with E-state index in [0.29, 0.717) is 10.6 Å². The van der Waals surface area contributed by atoms with Crippen molar-refractivity contribution in [3.05, 3.63) is 76.9 Å². The summed E-state index contributed by atoms with van der Waals surface area (Å²) in [5.41, 5.74) is 1.04. The van der Waals surface area contributed by atoms with Gasteiger partial charge in [-0.05, 0) is 19.1 Å². The third-order valence-corrected chi connectivity index (χ3v) is 3.89. The molecule has 0 amide bonds. The molecular formula is C17H14ClNO. The van der Waals surface area contributed by atoms with Crippen LogP contribution < -0.4 is 0 Å². The quantitative estimate of drug-likeness (QED) is 0.766. The lowest BCUT2D eigenvalue weighted by atomic mass is 9.87. The molecule has 1 N–H and O–H groups in total. The summed E-state index contributed by atoms with van der Waals surface area (Å²) in [6.07, 6.45) is 1.73. The number of rotatable bonds is 2. The first kappa shape index (κ1) is 13.1. The van der Waals surface area contributed by atoms with Crippen molar-refractivity contribution in [1.29, 1.82) is 0 Å². The molecule has 0 bridgehead atoms. The van der Waals surface area contributed by atoms with Crippen LogP contribution >= 0.6 is 11.6 Å². The number of aliphatic hydroxyl groups is 1. The minimum Gasteiger partial charge on any atom is -0.381 e. The summed E-state index contributed by atoms with van der Waals surface area (Å²) >= 11 is 6.23. The second-order valence-corrected chi connectivity index (χ2v) is 5.34. The van der Waals surface area contributed by atoms with Gasteiger partial charge in [-0.3, -0.25) is 4.98 Å². The normalized spacial score (nSPS) is 14.2. The number of benzene rings is 2. The Hall–Kier alpha value is -1.90. The predicted octanol–water partition coefficient (Wildman–Crippen LogP) is 4.14. The fourth-order valence-electron chi connectivity index (χ4n) is 2.50. The molecule has 2 aromatic carbocycles. The van der Waals surface area contributed by atoms with Crippen molar-refractivity contribution in [2.24, 2.45) is 0 Å². The van der Waals surface area contributed by atoms with E-state index in [1.165, 1.54) is 0 Å². The summed E-state index contributed by atoms with van der Waals surface area (Å²) < 4.78 is 0. The molecule has 0 fully saturated rings. The van der Waals surface area contributed by atoms with Gasteiger partial charge in [0.25, 0.3) is 0 Å². The molecule has 0 aliphatic carbocycles. The monoisotopic (exact) mass is 283 g/mol. The average molecular weight is 284 g/mol. The van der Waals surface area contributed by atoms with E-state index in [9.17, 15) is 5.11 Å². The molecule has 0 saturated carbocycles. The molecule has 0 aliphatic heterocycles. The van der Waals surface area contributed by atoms with E-state index < -0.39 is 5.60 Å². The van der Waals surface area contributed by atoms with Gasteiger partial charge in [0, 0.05) is 27.7 Å². The molecule has 3 heteroatoms. The number of hydrogen-bond donors (Lipinski definition) is 1. The Balaban J connectivity index is 2.27. The first-order valence-electron chi connectivity index (χ1n) is 6.42. The van der Waals surface area contributed by atoms with Crippen LogP contribution in [0.3, 0.4) is 0 Å². The van der Waals surface area contributed by atoms with Gasteiger partial charge in [-0.15, -0.1) is 0 Å². The largest absolute Gasteiger partial charge is 0.381 e. The van der Waals surface area contributed by atoms with Crippen molar-refractivity contribution >= 4 is 22.5 Å². The molecule has 20 heavy (non-hydrogen) atoms. The van der Waals surface area contributed by atoms with E-state index in [1.807, 2.05) is 48.5 Å². The lowest BCUT2D eigenvalue weighted by molar-refractivity contribution is 0.104. The van der Waals surface area contributed by atoms with Crippen LogP contribution in [-0.4, -0.2) is 10.1 Å². The summed E-state index contributed by atoms with van der Waals surface area (Å²) in [5.74, 6) is 0. The molecule has 1 atom stereocenters. The van der Waals surface area contributed by atoms with E-state index in [2.05, 4.69) is 4.98 Å². The molecule has 3 rings (SSSR count). The summed E-state index contributed by atoms with van der Waals surface area (Å²) in [7, 11) is 0. The molecule has 100 valence electrons. The smallest absolute Gasteiger partial charge is 0.115 e. The number of para-hydroxylation sites is 1. The Morgan fingerprint density at radius 3 is 2.45 bits per heavy atom. The van der Waals surface area contributed by atoms with Crippen LogP contribution in [0.15, 0.2) is 60.8 Å². The fraction of sp³-hybridized carbons (Fsp3) is 0.118. The van der Waals surface area contributed by atoms with E-state index >= 15 is 0 Å². The summed E-state index contributed by atoms with van der Waals surface area (Å²) in [6, 6.07) is 17.0. The Bertz CT molecular complexity index is 762. The van der Waals surface area contributed by atoms with Crippen LogP contribution in [0.1, 0.15) is 18.1 Å². The number of fused-ring (bicyclic) bond motifs is 1. The highest BCUT2D eigenvalue weighted by molar-refractivity contribution is 6.31. The third kappa shape index (κ3) is 2.07. The van der Waals surface area contributed by atoms with E-state index in [-0.39, 0.29) is 0 Å². The van der Waals surface area contributed by atoms with Gasteiger partial charge in [-0.1, -0.05) is 54.1 Å². The topological polar surface area (TPSA) is 33.1 Å². The minimum absolute atomic E-state index is 0.547. The molecule has 0 spiro atoms. The zero-order valence-corrected chi connectivity index (χ0v) is 11.8. The number of aromatic nitrogens is 1. The highest BCUT2D eigenvalue weighted by Crippen LogP contribution is 2.36. The fourth-order valence-corrected chi connectivity index (χ4v) is 2.82. The van der Waals surface area contributed by atoms with Crippen molar-refractivity contribution in [2.45, 2.75) is 12.5 Å². The molecule has 1 heterocycles. The predicted molar refractivity (Wildman–Crippen MR) is 81.9 cm³/mol. The van der Waals surface area contributed by atoms with Crippen molar-refractivity contribution in [3.8, 4) is 0 Å². The second-order valence-electron chi connectivity index (χ2n) is 4.93.